The van der Waals surface area contributed by atoms with Crippen molar-refractivity contribution in [3.05, 3.63) is 39.4 Å². The van der Waals surface area contributed by atoms with E-state index in [1.54, 1.807) is 23.1 Å². The first-order valence-corrected chi connectivity index (χ1v) is 9.93. The zero-order chi connectivity index (χ0) is 17.2. The molecule has 0 aliphatic rings. The van der Waals surface area contributed by atoms with Gasteiger partial charge in [0.1, 0.15) is 4.90 Å². The number of halogens is 2. The van der Waals surface area contributed by atoms with E-state index in [1.807, 2.05) is 13.8 Å². The smallest absolute Gasteiger partial charge is 0.323 e. The highest BCUT2D eigenvalue weighted by Gasteiger charge is 2.27. The number of carbonyl (C=O) groups is 1. The van der Waals surface area contributed by atoms with Gasteiger partial charge < -0.3 is 4.90 Å². The molecule has 1 heterocycles. The van der Waals surface area contributed by atoms with Crippen LogP contribution in [-0.2, 0) is 9.84 Å². The lowest BCUT2D eigenvalue weighted by Crippen LogP contribution is -2.34. The number of carbonyl (C=O) groups excluding carboxylic acids is 1. The molecule has 9 heteroatoms. The molecule has 0 N–H and O–H groups in total. The van der Waals surface area contributed by atoms with Crippen LogP contribution in [0.2, 0.25) is 0 Å². The molecule has 124 valence electrons. The Labute approximate surface area is 151 Å². The molecule has 6 nitrogen and oxygen atoms in total. The minimum Gasteiger partial charge on any atom is -0.323 e. The molecule has 2 rings (SSSR count). The number of rotatable bonds is 4. The summed E-state index contributed by atoms with van der Waals surface area (Å²) >= 11 is 6.49. The fraction of sp³-hybridized carbons (Fsp3) is 0.286. The summed E-state index contributed by atoms with van der Waals surface area (Å²) in [6.45, 7) is 4.74. The Bertz CT molecular complexity index is 809. The maximum atomic E-state index is 12.8. The largest absolute Gasteiger partial charge is 0.344 e. The zero-order valence-electron chi connectivity index (χ0n) is 12.5. The Morgan fingerprint density at radius 3 is 2.26 bits per heavy atom. The molecule has 0 saturated carbocycles. The Hall–Kier alpha value is -1.19. The molecular formula is C14H15Br2N3O3S. The van der Waals surface area contributed by atoms with Crippen LogP contribution >= 0.6 is 31.9 Å². The van der Waals surface area contributed by atoms with Gasteiger partial charge in [-0.3, -0.25) is 0 Å². The SMILES string of the molecule is CCN(CC)C(=O)n1ccc(S(=O)(=O)c2c(Br)cccc2Br)n1. The van der Waals surface area contributed by atoms with Crippen LogP contribution in [0.3, 0.4) is 0 Å². The lowest BCUT2D eigenvalue weighted by atomic mass is 10.4. The fourth-order valence-electron chi connectivity index (χ4n) is 2.04. The second-order valence-electron chi connectivity index (χ2n) is 4.61. The monoisotopic (exact) mass is 463 g/mol. The number of sulfone groups is 1. The summed E-state index contributed by atoms with van der Waals surface area (Å²) in [5, 5.41) is 3.78. The maximum Gasteiger partial charge on any atom is 0.344 e. The van der Waals surface area contributed by atoms with Gasteiger partial charge in [0.05, 0.1) is 0 Å². The van der Waals surface area contributed by atoms with Crippen molar-refractivity contribution in [3.8, 4) is 0 Å². The Kier molecular flexibility index (Phi) is 5.64. The zero-order valence-corrected chi connectivity index (χ0v) is 16.5. The van der Waals surface area contributed by atoms with Crippen molar-refractivity contribution in [1.82, 2.24) is 14.7 Å². The van der Waals surface area contributed by atoms with E-state index in [2.05, 4.69) is 37.0 Å². The van der Waals surface area contributed by atoms with Crippen LogP contribution in [0, 0.1) is 0 Å². The molecular weight excluding hydrogens is 450 g/mol. The van der Waals surface area contributed by atoms with Crippen LogP contribution in [0.4, 0.5) is 4.79 Å². The van der Waals surface area contributed by atoms with Gasteiger partial charge in [0.25, 0.3) is 0 Å². The van der Waals surface area contributed by atoms with Crippen molar-refractivity contribution in [1.29, 1.82) is 0 Å². The fourth-order valence-corrected chi connectivity index (χ4v) is 5.61. The van der Waals surface area contributed by atoms with Crippen LogP contribution < -0.4 is 0 Å². The lowest BCUT2D eigenvalue weighted by Gasteiger charge is -2.17. The molecule has 0 atom stereocenters. The predicted molar refractivity (Wildman–Crippen MR) is 93.2 cm³/mol. The van der Waals surface area contributed by atoms with E-state index in [0.717, 1.165) is 4.68 Å². The van der Waals surface area contributed by atoms with Crippen molar-refractivity contribution < 1.29 is 13.2 Å². The van der Waals surface area contributed by atoms with Gasteiger partial charge in [0.15, 0.2) is 5.03 Å². The average Bonchev–Trinajstić information content (AvgIpc) is 2.98. The summed E-state index contributed by atoms with van der Waals surface area (Å²) < 4.78 is 27.4. The highest BCUT2D eigenvalue weighted by molar-refractivity contribution is 9.11. The van der Waals surface area contributed by atoms with Gasteiger partial charge in [-0.25, -0.2) is 13.2 Å². The van der Waals surface area contributed by atoms with Gasteiger partial charge in [-0.05, 0) is 63.9 Å². The minimum atomic E-state index is -3.85. The van der Waals surface area contributed by atoms with Gasteiger partial charge >= 0.3 is 6.03 Å². The van der Waals surface area contributed by atoms with Gasteiger partial charge in [-0.2, -0.15) is 9.78 Å². The van der Waals surface area contributed by atoms with Crippen LogP contribution in [0.15, 0.2) is 49.3 Å². The molecule has 1 amide bonds. The molecule has 23 heavy (non-hydrogen) atoms. The molecule has 2 aromatic rings. The van der Waals surface area contributed by atoms with E-state index >= 15 is 0 Å². The summed E-state index contributed by atoms with van der Waals surface area (Å²) in [4.78, 5) is 13.9. The number of nitrogens with zero attached hydrogens (tertiary/aromatic N) is 3. The highest BCUT2D eigenvalue weighted by atomic mass is 79.9. The van der Waals surface area contributed by atoms with Crippen molar-refractivity contribution >= 4 is 47.7 Å². The molecule has 0 aliphatic heterocycles. The maximum absolute atomic E-state index is 12.8. The quantitative estimate of drug-likeness (QED) is 0.693. The number of hydrogen-bond donors (Lipinski definition) is 0. The summed E-state index contributed by atoms with van der Waals surface area (Å²) in [5.41, 5.74) is 0. The summed E-state index contributed by atoms with van der Waals surface area (Å²) in [6, 6.07) is 5.95. The molecule has 1 aromatic heterocycles. The van der Waals surface area contributed by atoms with Crippen molar-refractivity contribution in [2.24, 2.45) is 0 Å². The molecule has 0 bridgehead atoms. The van der Waals surface area contributed by atoms with Gasteiger partial charge in [0, 0.05) is 28.2 Å². The lowest BCUT2D eigenvalue weighted by molar-refractivity contribution is 0.201. The van der Waals surface area contributed by atoms with Gasteiger partial charge in [0.2, 0.25) is 9.84 Å². The molecule has 0 radical (unpaired) electrons. The van der Waals surface area contributed by atoms with Crippen molar-refractivity contribution in [2.45, 2.75) is 23.8 Å². The molecule has 0 unspecified atom stereocenters. The summed E-state index contributed by atoms with van der Waals surface area (Å²) in [6.07, 6.45) is 1.36. The average molecular weight is 465 g/mol. The number of amides is 1. The van der Waals surface area contributed by atoms with Crippen LogP contribution in [0.25, 0.3) is 0 Å². The van der Waals surface area contributed by atoms with Crippen molar-refractivity contribution in [2.75, 3.05) is 13.1 Å². The van der Waals surface area contributed by atoms with E-state index in [0.29, 0.717) is 22.0 Å². The van der Waals surface area contributed by atoms with E-state index in [9.17, 15) is 13.2 Å². The van der Waals surface area contributed by atoms with Crippen LogP contribution in [-0.4, -0.2) is 42.2 Å². The number of benzene rings is 1. The highest BCUT2D eigenvalue weighted by Crippen LogP contribution is 2.33. The summed E-state index contributed by atoms with van der Waals surface area (Å²) in [5.74, 6) is 0. The first-order chi connectivity index (χ1) is 10.8. The molecule has 0 fully saturated rings. The molecule has 0 saturated heterocycles. The Morgan fingerprint density at radius 2 is 1.74 bits per heavy atom. The normalized spacial score (nSPS) is 11.5. The second kappa shape index (κ2) is 7.14. The van der Waals surface area contributed by atoms with E-state index in [1.165, 1.54) is 12.3 Å². The topological polar surface area (TPSA) is 72.3 Å². The third kappa shape index (κ3) is 3.51. The van der Waals surface area contributed by atoms with E-state index in [4.69, 9.17) is 0 Å². The van der Waals surface area contributed by atoms with E-state index < -0.39 is 9.84 Å². The molecule has 0 aliphatic carbocycles. The minimum absolute atomic E-state index is 0.0838. The molecule has 0 spiro atoms. The first-order valence-electron chi connectivity index (χ1n) is 6.87. The van der Waals surface area contributed by atoms with Gasteiger partial charge in [-0.15, -0.1) is 0 Å². The Morgan fingerprint density at radius 1 is 1.17 bits per heavy atom. The summed E-state index contributed by atoms with van der Waals surface area (Å²) in [7, 11) is -3.85. The van der Waals surface area contributed by atoms with Crippen LogP contribution in [0.5, 0.6) is 0 Å². The number of aromatic nitrogens is 2. The third-order valence-corrected chi connectivity index (χ3v) is 6.85. The second-order valence-corrected chi connectivity index (χ2v) is 8.15. The third-order valence-electron chi connectivity index (χ3n) is 3.26. The van der Waals surface area contributed by atoms with Crippen LogP contribution in [0.1, 0.15) is 13.8 Å². The number of hydrogen-bond acceptors (Lipinski definition) is 4. The standard InChI is InChI=1S/C14H15Br2N3O3S/c1-3-18(4-2)14(20)19-9-8-12(17-19)23(21,22)13-10(15)6-5-7-11(13)16/h5-9H,3-4H2,1-2H3. The first kappa shape index (κ1) is 18.2. The van der Waals surface area contributed by atoms with E-state index in [-0.39, 0.29) is 16.0 Å². The van der Waals surface area contributed by atoms with Crippen molar-refractivity contribution in [3.63, 3.8) is 0 Å². The predicted octanol–water partition coefficient (Wildman–Crippen LogP) is 3.55. The molecule has 1 aromatic carbocycles. The van der Waals surface area contributed by atoms with Gasteiger partial charge in [-0.1, -0.05) is 6.07 Å². The Balaban J connectivity index is 2.46.